The predicted octanol–water partition coefficient (Wildman–Crippen LogP) is 4.35. The number of esters is 1. The van der Waals surface area contributed by atoms with Crippen LogP contribution in [0.5, 0.6) is 5.75 Å². The molecule has 0 aromatic heterocycles. The molecule has 0 radical (unpaired) electrons. The highest BCUT2D eigenvalue weighted by Gasteiger charge is 2.24. The molecule has 0 unspecified atom stereocenters. The molecular formula is C20H18FNO3. The molecule has 0 saturated heterocycles. The van der Waals surface area contributed by atoms with E-state index in [4.69, 9.17) is 9.47 Å². The Kier molecular flexibility index (Phi) is 5.23. The highest BCUT2D eigenvalue weighted by molar-refractivity contribution is 6.12. The largest absolute Gasteiger partial charge is 0.494 e. The number of halogens is 1. The monoisotopic (exact) mass is 339 g/mol. The van der Waals surface area contributed by atoms with E-state index in [-0.39, 0.29) is 11.6 Å². The lowest BCUT2D eigenvalue weighted by Crippen LogP contribution is -2.05. The summed E-state index contributed by atoms with van der Waals surface area (Å²) in [6.07, 6.45) is 3.45. The molecule has 0 amide bonds. The Morgan fingerprint density at radius 1 is 1.16 bits per heavy atom. The van der Waals surface area contributed by atoms with E-state index in [0.29, 0.717) is 17.7 Å². The van der Waals surface area contributed by atoms with Gasteiger partial charge >= 0.3 is 5.97 Å². The van der Waals surface area contributed by atoms with Crippen molar-refractivity contribution < 1.29 is 18.7 Å². The highest BCUT2D eigenvalue weighted by atomic mass is 19.1. The molecule has 0 atom stereocenters. The van der Waals surface area contributed by atoms with Crippen molar-refractivity contribution in [3.63, 3.8) is 0 Å². The van der Waals surface area contributed by atoms with Crippen molar-refractivity contribution in [2.24, 2.45) is 4.99 Å². The first-order valence-electron chi connectivity index (χ1n) is 8.17. The molecule has 2 aromatic rings. The predicted molar refractivity (Wildman–Crippen MR) is 93.9 cm³/mol. The quantitative estimate of drug-likeness (QED) is 0.447. The summed E-state index contributed by atoms with van der Waals surface area (Å²) in [5.41, 5.74) is 1.02. The van der Waals surface area contributed by atoms with Gasteiger partial charge in [0.2, 0.25) is 5.90 Å². The summed E-state index contributed by atoms with van der Waals surface area (Å²) >= 11 is 0. The molecule has 5 heteroatoms. The van der Waals surface area contributed by atoms with E-state index in [0.717, 1.165) is 18.6 Å². The van der Waals surface area contributed by atoms with Crippen molar-refractivity contribution in [2.75, 3.05) is 6.61 Å². The fourth-order valence-electron chi connectivity index (χ4n) is 2.30. The van der Waals surface area contributed by atoms with Crippen LogP contribution in [0.1, 0.15) is 30.9 Å². The van der Waals surface area contributed by atoms with Gasteiger partial charge in [0.15, 0.2) is 5.70 Å². The van der Waals surface area contributed by atoms with Crippen LogP contribution < -0.4 is 4.74 Å². The first-order chi connectivity index (χ1) is 12.2. The van der Waals surface area contributed by atoms with Crippen molar-refractivity contribution in [3.8, 4) is 5.75 Å². The molecule has 4 nitrogen and oxygen atoms in total. The van der Waals surface area contributed by atoms with Crippen molar-refractivity contribution in [1.29, 1.82) is 0 Å². The molecular weight excluding hydrogens is 321 g/mol. The molecule has 25 heavy (non-hydrogen) atoms. The number of cyclic esters (lactones) is 1. The maximum atomic E-state index is 13.7. The highest BCUT2D eigenvalue weighted by Crippen LogP contribution is 2.21. The Labute approximate surface area is 145 Å². The van der Waals surface area contributed by atoms with E-state index in [1.54, 1.807) is 42.5 Å². The number of nitrogens with zero attached hydrogens (tertiary/aromatic N) is 1. The van der Waals surface area contributed by atoms with Crippen molar-refractivity contribution in [3.05, 3.63) is 71.2 Å². The van der Waals surface area contributed by atoms with E-state index in [9.17, 15) is 9.18 Å². The summed E-state index contributed by atoms with van der Waals surface area (Å²) in [5.74, 6) is -0.0569. The second-order valence-electron chi connectivity index (χ2n) is 5.58. The smallest absolute Gasteiger partial charge is 0.363 e. The molecule has 128 valence electrons. The zero-order valence-electron chi connectivity index (χ0n) is 13.9. The minimum Gasteiger partial charge on any atom is -0.494 e. The average molecular weight is 339 g/mol. The van der Waals surface area contributed by atoms with Gasteiger partial charge in [-0.15, -0.1) is 0 Å². The van der Waals surface area contributed by atoms with Crippen LogP contribution in [0.4, 0.5) is 4.39 Å². The van der Waals surface area contributed by atoms with E-state index >= 15 is 0 Å². The maximum Gasteiger partial charge on any atom is 0.363 e. The van der Waals surface area contributed by atoms with Crippen LogP contribution in [0.3, 0.4) is 0 Å². The number of rotatable bonds is 6. The van der Waals surface area contributed by atoms with Gasteiger partial charge in [-0.25, -0.2) is 14.2 Å². The van der Waals surface area contributed by atoms with Gasteiger partial charge in [-0.05, 0) is 42.8 Å². The average Bonchev–Trinajstić information content (AvgIpc) is 2.98. The van der Waals surface area contributed by atoms with Gasteiger partial charge in [0.25, 0.3) is 0 Å². The molecule has 0 aliphatic carbocycles. The third-order valence-electron chi connectivity index (χ3n) is 3.69. The summed E-state index contributed by atoms with van der Waals surface area (Å²) in [6.45, 7) is 2.77. The van der Waals surface area contributed by atoms with Crippen molar-refractivity contribution in [1.82, 2.24) is 0 Å². The van der Waals surface area contributed by atoms with Gasteiger partial charge in [-0.3, -0.25) is 0 Å². The Morgan fingerprint density at radius 2 is 1.92 bits per heavy atom. The lowest BCUT2D eigenvalue weighted by atomic mass is 10.2. The third kappa shape index (κ3) is 4.12. The van der Waals surface area contributed by atoms with E-state index < -0.39 is 11.8 Å². The number of aliphatic imine (C=N–C) groups is 1. The Balaban J connectivity index is 1.77. The van der Waals surface area contributed by atoms with Crippen molar-refractivity contribution >= 4 is 17.9 Å². The molecule has 2 aromatic carbocycles. The maximum absolute atomic E-state index is 13.7. The van der Waals surface area contributed by atoms with Crippen LogP contribution in [0.15, 0.2) is 59.2 Å². The summed E-state index contributed by atoms with van der Waals surface area (Å²) in [5, 5.41) is 0. The molecule has 0 fully saturated rings. The van der Waals surface area contributed by atoms with Crippen LogP contribution in [-0.4, -0.2) is 18.5 Å². The number of hydrogen-bond acceptors (Lipinski definition) is 4. The van der Waals surface area contributed by atoms with E-state index in [2.05, 4.69) is 11.9 Å². The molecule has 0 spiro atoms. The second kappa shape index (κ2) is 7.75. The Bertz CT molecular complexity index is 825. The Hall–Kier alpha value is -2.95. The SMILES string of the molecule is CCCCOc1ccc(C2=N/C(=C/c3ccccc3F)C(=O)O2)cc1. The zero-order chi connectivity index (χ0) is 17.6. The molecule has 1 aliphatic rings. The van der Waals surface area contributed by atoms with Crippen molar-refractivity contribution in [2.45, 2.75) is 19.8 Å². The molecule has 3 rings (SSSR count). The van der Waals surface area contributed by atoms with Gasteiger partial charge in [-0.2, -0.15) is 0 Å². The van der Waals surface area contributed by atoms with E-state index in [1.165, 1.54) is 12.1 Å². The van der Waals surface area contributed by atoms with Crippen LogP contribution in [0.25, 0.3) is 6.08 Å². The molecule has 1 heterocycles. The lowest BCUT2D eigenvalue weighted by Gasteiger charge is -2.05. The topological polar surface area (TPSA) is 47.9 Å². The molecule has 0 saturated carbocycles. The lowest BCUT2D eigenvalue weighted by molar-refractivity contribution is -0.129. The van der Waals surface area contributed by atoms with Crippen LogP contribution in [0, 0.1) is 5.82 Å². The molecule has 0 N–H and O–H groups in total. The zero-order valence-corrected chi connectivity index (χ0v) is 13.9. The van der Waals surface area contributed by atoms with Gasteiger partial charge in [0.05, 0.1) is 6.61 Å². The summed E-state index contributed by atoms with van der Waals surface area (Å²) in [7, 11) is 0. The van der Waals surface area contributed by atoms with Crippen LogP contribution >= 0.6 is 0 Å². The fraction of sp³-hybridized carbons (Fsp3) is 0.200. The number of benzene rings is 2. The number of unbranched alkanes of at least 4 members (excludes halogenated alkanes) is 1. The van der Waals surface area contributed by atoms with Crippen LogP contribution in [-0.2, 0) is 9.53 Å². The minimum atomic E-state index is -0.596. The fourth-order valence-corrected chi connectivity index (χ4v) is 2.30. The van der Waals surface area contributed by atoms with Crippen LogP contribution in [0.2, 0.25) is 0 Å². The molecule has 1 aliphatic heterocycles. The number of ether oxygens (including phenoxy) is 2. The number of carbonyl (C=O) groups is 1. The first-order valence-corrected chi connectivity index (χ1v) is 8.17. The summed E-state index contributed by atoms with van der Waals surface area (Å²) in [6, 6.07) is 13.3. The summed E-state index contributed by atoms with van der Waals surface area (Å²) < 4.78 is 24.5. The minimum absolute atomic E-state index is 0.0726. The van der Waals surface area contributed by atoms with Gasteiger partial charge in [-0.1, -0.05) is 31.5 Å². The number of hydrogen-bond donors (Lipinski definition) is 0. The summed E-state index contributed by atoms with van der Waals surface area (Å²) in [4.78, 5) is 16.1. The van der Waals surface area contributed by atoms with Gasteiger partial charge in [0.1, 0.15) is 11.6 Å². The molecule has 0 bridgehead atoms. The number of carbonyl (C=O) groups excluding carboxylic acids is 1. The second-order valence-corrected chi connectivity index (χ2v) is 5.58. The first kappa shape index (κ1) is 16.9. The Morgan fingerprint density at radius 3 is 2.64 bits per heavy atom. The normalized spacial score (nSPS) is 15.2. The third-order valence-corrected chi connectivity index (χ3v) is 3.69. The standard InChI is InChI=1S/C20H18FNO3/c1-2-3-12-24-16-10-8-14(9-11-16)19-22-18(20(23)25-19)13-15-6-4-5-7-17(15)21/h4-11,13H,2-3,12H2,1H3/b18-13+. The van der Waals surface area contributed by atoms with Gasteiger partial charge in [0, 0.05) is 11.1 Å². The van der Waals surface area contributed by atoms with Gasteiger partial charge < -0.3 is 9.47 Å². The van der Waals surface area contributed by atoms with E-state index in [1.807, 2.05) is 0 Å².